The molecule has 0 radical (unpaired) electrons. The minimum absolute atomic E-state index is 0.104. The van der Waals surface area contributed by atoms with Crippen molar-refractivity contribution in [2.45, 2.75) is 241 Å². The van der Waals surface area contributed by atoms with Crippen molar-refractivity contribution in [1.82, 2.24) is 0 Å². The summed E-state index contributed by atoms with van der Waals surface area (Å²) in [6.45, 7) is 12.8. The third-order valence-corrected chi connectivity index (χ3v) is 19.9. The lowest BCUT2D eigenvalue weighted by Gasteiger charge is -2.67. The topological polar surface area (TPSA) is 357 Å². The number of allylic oxidation sites excluding steroid dienone is 2. The molecule has 4 aliphatic heterocycles. The second-order valence-corrected chi connectivity index (χ2v) is 24.6. The van der Waals surface area contributed by atoms with Gasteiger partial charge in [-0.1, -0.05) is 39.3 Å². The summed E-state index contributed by atoms with van der Waals surface area (Å²) in [5, 5.41) is 151. The molecule has 8 fully saturated rings. The second-order valence-electron chi connectivity index (χ2n) is 24.6. The van der Waals surface area contributed by atoms with Crippen molar-refractivity contribution in [2.24, 2.45) is 45.8 Å². The van der Waals surface area contributed by atoms with Crippen molar-refractivity contribution >= 4 is 0 Å². The Morgan fingerprint density at radius 1 is 0.595 bits per heavy atom. The predicted octanol–water partition coefficient (Wildman–Crippen LogP) is -1.95. The fourth-order valence-corrected chi connectivity index (χ4v) is 15.3. The maximum Gasteiger partial charge on any atom is 0.187 e. The van der Waals surface area contributed by atoms with Crippen LogP contribution in [-0.4, -0.2) is 232 Å². The van der Waals surface area contributed by atoms with Crippen LogP contribution in [0.2, 0.25) is 0 Å². The summed E-state index contributed by atoms with van der Waals surface area (Å²) >= 11 is 0. The van der Waals surface area contributed by atoms with Crippen molar-refractivity contribution in [3.05, 3.63) is 11.6 Å². The summed E-state index contributed by atoms with van der Waals surface area (Å²) in [5.74, 6) is -0.0880. The van der Waals surface area contributed by atoms with Crippen LogP contribution in [0.5, 0.6) is 0 Å². The molecule has 29 unspecified atom stereocenters. The summed E-state index contributed by atoms with van der Waals surface area (Å²) in [6, 6.07) is 0. The van der Waals surface area contributed by atoms with E-state index in [1.165, 1.54) is 0 Å². The molecule has 22 heteroatoms. The lowest BCUT2D eigenvalue weighted by atomic mass is 9.39. The Kier molecular flexibility index (Phi) is 18.2. The zero-order valence-electron chi connectivity index (χ0n) is 43.8. The Morgan fingerprint density at radius 3 is 1.82 bits per heavy atom. The molecule has 0 bridgehead atoms. The lowest BCUT2D eigenvalue weighted by molar-refractivity contribution is -0.377. The van der Waals surface area contributed by atoms with Gasteiger partial charge in [-0.25, -0.2) is 0 Å². The molecule has 8 rings (SSSR count). The molecule has 428 valence electrons. The SMILES string of the molecule is CC(C)=CCCC(C)(OC1OC(COC2OCC(O)C(O)C2O)C(O)C(O)C1O)C1CCC2(C)C1C(O)CC1C3CCC(OC4OC(CO)C(O)C(O)C4OC4OC(CO)C(O)C(O)C4O)C(C)(C)C3CCC12C. The molecule has 0 amide bonds. The van der Waals surface area contributed by atoms with Crippen LogP contribution in [0.4, 0.5) is 0 Å². The predicted molar refractivity (Wildman–Crippen MR) is 256 cm³/mol. The van der Waals surface area contributed by atoms with Crippen LogP contribution >= 0.6 is 0 Å². The smallest absolute Gasteiger partial charge is 0.187 e. The summed E-state index contributed by atoms with van der Waals surface area (Å²) in [4.78, 5) is 0. The highest BCUT2D eigenvalue weighted by atomic mass is 16.8. The molecule has 0 spiro atoms. The lowest BCUT2D eigenvalue weighted by Crippen LogP contribution is -2.66. The monoisotopic (exact) mass is 1060 g/mol. The van der Waals surface area contributed by atoms with Crippen molar-refractivity contribution in [3.8, 4) is 0 Å². The van der Waals surface area contributed by atoms with Crippen molar-refractivity contribution in [3.63, 3.8) is 0 Å². The molecule has 74 heavy (non-hydrogen) atoms. The molecule has 14 N–H and O–H groups in total. The quantitative estimate of drug-likeness (QED) is 0.0626. The Labute approximate surface area is 433 Å². The third kappa shape index (κ3) is 10.6. The van der Waals surface area contributed by atoms with Gasteiger partial charge in [0.05, 0.1) is 44.2 Å². The Morgan fingerprint density at radius 2 is 1.18 bits per heavy atom. The second kappa shape index (κ2) is 22.8. The maximum atomic E-state index is 12.7. The van der Waals surface area contributed by atoms with E-state index in [1.807, 2.05) is 20.8 Å². The number of fused-ring (bicyclic) bond motifs is 5. The van der Waals surface area contributed by atoms with Gasteiger partial charge in [-0.15, -0.1) is 0 Å². The molecule has 0 aromatic carbocycles. The van der Waals surface area contributed by atoms with Gasteiger partial charge in [0.1, 0.15) is 91.6 Å². The van der Waals surface area contributed by atoms with Crippen LogP contribution < -0.4 is 0 Å². The van der Waals surface area contributed by atoms with E-state index >= 15 is 0 Å². The first kappa shape index (κ1) is 59.0. The fourth-order valence-electron chi connectivity index (χ4n) is 15.3. The van der Waals surface area contributed by atoms with Gasteiger partial charge in [0.2, 0.25) is 0 Å². The van der Waals surface area contributed by atoms with E-state index in [1.54, 1.807) is 0 Å². The van der Waals surface area contributed by atoms with E-state index < -0.39 is 160 Å². The molecule has 4 saturated heterocycles. The minimum atomic E-state index is -1.81. The average Bonchev–Trinajstić information content (AvgIpc) is 3.74. The van der Waals surface area contributed by atoms with Gasteiger partial charge in [-0.05, 0) is 124 Å². The Bertz CT molecular complexity index is 1890. The number of aliphatic hydroxyl groups excluding tert-OH is 14. The molecular formula is C52H88O22. The van der Waals surface area contributed by atoms with Gasteiger partial charge in [-0.3, -0.25) is 0 Å². The zero-order chi connectivity index (χ0) is 54.1. The Hall–Kier alpha value is -1.14. The average molecular weight is 1070 g/mol. The van der Waals surface area contributed by atoms with E-state index in [9.17, 15) is 71.5 Å². The van der Waals surface area contributed by atoms with Crippen molar-refractivity contribution in [1.29, 1.82) is 0 Å². The molecule has 4 saturated carbocycles. The first-order valence-electron chi connectivity index (χ1n) is 26.9. The minimum Gasteiger partial charge on any atom is -0.394 e. The van der Waals surface area contributed by atoms with Crippen LogP contribution in [0.25, 0.3) is 0 Å². The summed E-state index contributed by atoms with van der Waals surface area (Å²) in [7, 11) is 0. The molecule has 8 aliphatic rings. The molecule has 4 heterocycles. The van der Waals surface area contributed by atoms with E-state index in [4.69, 9.17) is 37.9 Å². The van der Waals surface area contributed by atoms with Crippen LogP contribution in [0.1, 0.15) is 106 Å². The van der Waals surface area contributed by atoms with Crippen LogP contribution in [0.3, 0.4) is 0 Å². The van der Waals surface area contributed by atoms with Crippen molar-refractivity contribution < 1.29 is 109 Å². The number of rotatable bonds is 15. The van der Waals surface area contributed by atoms with Crippen LogP contribution in [0.15, 0.2) is 11.6 Å². The van der Waals surface area contributed by atoms with Gasteiger partial charge in [0.15, 0.2) is 25.2 Å². The molecular weight excluding hydrogens is 977 g/mol. The molecule has 0 aromatic heterocycles. The van der Waals surface area contributed by atoms with Gasteiger partial charge in [0, 0.05) is 0 Å². The Balaban J connectivity index is 0.993. The first-order valence-corrected chi connectivity index (χ1v) is 26.9. The van der Waals surface area contributed by atoms with Crippen LogP contribution in [0, 0.1) is 45.8 Å². The van der Waals surface area contributed by atoms with Gasteiger partial charge >= 0.3 is 0 Å². The normalized spacial score (nSPS) is 52.3. The molecule has 22 nitrogen and oxygen atoms in total. The highest BCUT2D eigenvalue weighted by Gasteiger charge is 2.70. The van der Waals surface area contributed by atoms with E-state index in [0.29, 0.717) is 32.1 Å². The highest BCUT2D eigenvalue weighted by Crippen LogP contribution is 2.73. The number of hydrogen-bond acceptors (Lipinski definition) is 22. The number of aliphatic hydroxyl groups is 14. The maximum absolute atomic E-state index is 12.7. The summed E-state index contributed by atoms with van der Waals surface area (Å²) in [6.07, 6.45) is -22.3. The molecule has 4 aliphatic carbocycles. The first-order chi connectivity index (χ1) is 34.7. The van der Waals surface area contributed by atoms with Crippen molar-refractivity contribution in [2.75, 3.05) is 26.4 Å². The zero-order valence-corrected chi connectivity index (χ0v) is 43.8. The number of hydrogen-bond donors (Lipinski definition) is 14. The number of ether oxygens (including phenoxy) is 8. The van der Waals surface area contributed by atoms with Gasteiger partial charge in [0.25, 0.3) is 0 Å². The fraction of sp³-hybridized carbons (Fsp3) is 0.962. The van der Waals surface area contributed by atoms with Crippen LogP contribution in [-0.2, 0) is 37.9 Å². The highest BCUT2D eigenvalue weighted by molar-refractivity contribution is 5.18. The van der Waals surface area contributed by atoms with Gasteiger partial charge < -0.3 is 109 Å². The molecule has 29 atom stereocenters. The van der Waals surface area contributed by atoms with E-state index in [2.05, 4.69) is 33.8 Å². The van der Waals surface area contributed by atoms with E-state index in [-0.39, 0.29) is 47.0 Å². The largest absolute Gasteiger partial charge is 0.394 e. The van der Waals surface area contributed by atoms with Gasteiger partial charge in [-0.2, -0.15) is 0 Å². The van der Waals surface area contributed by atoms with E-state index in [0.717, 1.165) is 31.3 Å². The summed E-state index contributed by atoms with van der Waals surface area (Å²) < 4.78 is 48.6. The summed E-state index contributed by atoms with van der Waals surface area (Å²) in [5.41, 5.74) is -1.06. The standard InChI is InChI=1S/C52H88O22/c1-22(2)9-8-14-52(7,74-47-43(66)39(62)37(60)31(71-47)21-68-45-41(64)34(57)28(56)20-67-45)25-13-16-51(6)33(25)27(55)17-26-23-10-11-32(49(3,4)24(23)12-15-50(26,51)5)72-48-44(40(63)36(59)30(19-54)70-48)73-46-42(65)38(61)35(58)29(18-53)69-46/h9,23-48,53-66H,8,10-21H2,1-7H3. The third-order valence-electron chi connectivity index (χ3n) is 19.9. The molecule has 0 aromatic rings.